The van der Waals surface area contributed by atoms with Gasteiger partial charge in [0.25, 0.3) is 0 Å². The first-order valence-electron chi connectivity index (χ1n) is 13.6. The molecule has 1 heterocycles. The van der Waals surface area contributed by atoms with Crippen LogP contribution in [0.3, 0.4) is 0 Å². The van der Waals surface area contributed by atoms with E-state index in [1.165, 1.54) is 33.5 Å². The van der Waals surface area contributed by atoms with Gasteiger partial charge in [0.15, 0.2) is 0 Å². The Morgan fingerprint density at radius 3 is 2.24 bits per heavy atom. The molecule has 4 aromatic rings. The second kappa shape index (κ2) is 9.00. The van der Waals surface area contributed by atoms with Crippen molar-refractivity contribution < 1.29 is 8.42 Å². The predicted octanol–water partition coefficient (Wildman–Crippen LogP) is 7.43. The average molecular weight is 509 g/mol. The second-order valence-corrected chi connectivity index (χ2v) is 12.6. The van der Waals surface area contributed by atoms with Crippen LogP contribution in [-0.2, 0) is 10.0 Å². The van der Waals surface area contributed by atoms with Gasteiger partial charge in [0.2, 0.25) is 10.0 Å². The molecule has 2 N–H and O–H groups in total. The molecular weight excluding hydrogens is 476 g/mol. The molecule has 188 valence electrons. The number of allylic oxidation sites excluding steroid dienone is 2. The number of nitrogens with one attached hydrogen (secondary N) is 2. The van der Waals surface area contributed by atoms with Gasteiger partial charge in [-0.25, -0.2) is 13.1 Å². The van der Waals surface area contributed by atoms with E-state index in [4.69, 9.17) is 0 Å². The molecule has 1 aliphatic heterocycles. The van der Waals surface area contributed by atoms with Crippen LogP contribution in [0.15, 0.2) is 89.8 Å². The molecule has 4 nitrogen and oxygen atoms in total. The molecule has 3 aliphatic rings. The number of rotatable bonds is 4. The molecule has 1 fully saturated rings. The number of fused-ring (bicyclic) bond motifs is 5. The molecule has 3 unspecified atom stereocenters. The Morgan fingerprint density at radius 2 is 1.51 bits per heavy atom. The van der Waals surface area contributed by atoms with Crippen LogP contribution in [0.5, 0.6) is 0 Å². The zero-order valence-corrected chi connectivity index (χ0v) is 21.7. The monoisotopic (exact) mass is 508 g/mol. The topological polar surface area (TPSA) is 58.2 Å². The predicted molar refractivity (Wildman–Crippen MR) is 151 cm³/mol. The highest BCUT2D eigenvalue weighted by Gasteiger charge is 2.39. The summed E-state index contributed by atoms with van der Waals surface area (Å²) in [5.74, 6) is 0.509. The Labute approximate surface area is 218 Å². The smallest absolute Gasteiger partial charge is 0.240 e. The Hall–Kier alpha value is -3.15. The molecule has 7 rings (SSSR count). The normalized spacial score (nSPS) is 23.6. The zero-order chi connectivity index (χ0) is 25.0. The van der Waals surface area contributed by atoms with Crippen molar-refractivity contribution >= 4 is 37.3 Å². The first-order chi connectivity index (χ1) is 18.1. The molecule has 2 aliphatic carbocycles. The number of benzene rings is 4. The Bertz CT molecular complexity index is 1580. The summed E-state index contributed by atoms with van der Waals surface area (Å²) in [4.78, 5) is 0.381. The first kappa shape index (κ1) is 23.0. The van der Waals surface area contributed by atoms with Crippen molar-refractivity contribution in [2.24, 2.45) is 5.92 Å². The van der Waals surface area contributed by atoms with Gasteiger partial charge in [0.05, 0.1) is 10.9 Å². The lowest BCUT2D eigenvalue weighted by molar-refractivity contribution is 0.412. The van der Waals surface area contributed by atoms with Crippen LogP contribution in [0.4, 0.5) is 5.69 Å². The minimum Gasteiger partial charge on any atom is -0.378 e. The molecule has 1 saturated carbocycles. The van der Waals surface area contributed by atoms with Crippen LogP contribution >= 0.6 is 0 Å². The van der Waals surface area contributed by atoms with Gasteiger partial charge in [-0.2, -0.15) is 0 Å². The maximum atomic E-state index is 13.3. The van der Waals surface area contributed by atoms with E-state index in [2.05, 4.69) is 76.8 Å². The molecule has 0 spiro atoms. The van der Waals surface area contributed by atoms with Crippen molar-refractivity contribution in [1.29, 1.82) is 0 Å². The van der Waals surface area contributed by atoms with Crippen molar-refractivity contribution in [3.63, 3.8) is 0 Å². The van der Waals surface area contributed by atoms with E-state index in [0.717, 1.165) is 43.4 Å². The first-order valence-corrected chi connectivity index (χ1v) is 15.1. The van der Waals surface area contributed by atoms with Gasteiger partial charge in [0.1, 0.15) is 0 Å². The number of hydrogen-bond donors (Lipinski definition) is 2. The molecule has 37 heavy (non-hydrogen) atoms. The highest BCUT2D eigenvalue weighted by molar-refractivity contribution is 7.89. The minimum absolute atomic E-state index is 0.0519. The van der Waals surface area contributed by atoms with E-state index < -0.39 is 10.0 Å². The van der Waals surface area contributed by atoms with Gasteiger partial charge < -0.3 is 5.32 Å². The number of sulfonamides is 1. The summed E-state index contributed by atoms with van der Waals surface area (Å²) in [6, 6.07) is 25.5. The van der Waals surface area contributed by atoms with E-state index >= 15 is 0 Å². The van der Waals surface area contributed by atoms with Crippen molar-refractivity contribution in [2.45, 2.75) is 61.4 Å². The van der Waals surface area contributed by atoms with Crippen LogP contribution in [0.1, 0.15) is 61.6 Å². The summed E-state index contributed by atoms with van der Waals surface area (Å²) in [6.45, 7) is 0. The molecule has 4 aromatic carbocycles. The van der Waals surface area contributed by atoms with E-state index in [0.29, 0.717) is 10.8 Å². The minimum atomic E-state index is -3.55. The Balaban J connectivity index is 1.31. The van der Waals surface area contributed by atoms with Crippen LogP contribution in [-0.4, -0.2) is 14.5 Å². The standard InChI is InChI=1S/C32H32N2O2S/c35-37(36,34-23-11-2-1-3-12-23)24-17-18-30-29(20-24)27-15-8-16-28(27)32(33-30)31-25-13-6-4-9-21(25)19-22-10-5-7-14-26(22)31/h4-10,13-15,17-20,23,27-28,32-34H,1-3,11-12,16H2. The molecule has 0 saturated heterocycles. The van der Waals surface area contributed by atoms with Crippen LogP contribution in [0.25, 0.3) is 21.5 Å². The third-order valence-electron chi connectivity index (χ3n) is 8.70. The van der Waals surface area contributed by atoms with Crippen LogP contribution in [0.2, 0.25) is 0 Å². The average Bonchev–Trinajstić information content (AvgIpc) is 3.42. The summed E-state index contributed by atoms with van der Waals surface area (Å²) in [5.41, 5.74) is 3.46. The Kier molecular flexibility index (Phi) is 5.60. The third kappa shape index (κ3) is 3.96. The summed E-state index contributed by atoms with van der Waals surface area (Å²) < 4.78 is 29.6. The van der Waals surface area contributed by atoms with Crippen molar-refractivity contribution in [3.05, 3.63) is 96.1 Å². The molecule has 5 heteroatoms. The highest BCUT2D eigenvalue weighted by Crippen LogP contribution is 2.52. The Morgan fingerprint density at radius 1 is 0.811 bits per heavy atom. The van der Waals surface area contributed by atoms with Gasteiger partial charge in [-0.1, -0.05) is 79.9 Å². The van der Waals surface area contributed by atoms with E-state index in [-0.39, 0.29) is 18.0 Å². The molecule has 0 radical (unpaired) electrons. The maximum absolute atomic E-state index is 13.3. The van der Waals surface area contributed by atoms with Gasteiger partial charge >= 0.3 is 0 Å². The molecule has 3 atom stereocenters. The third-order valence-corrected chi connectivity index (χ3v) is 10.2. The molecular formula is C32H32N2O2S. The SMILES string of the molecule is O=S(=O)(NC1CCCCC1)c1ccc2c(c1)C1C=CCC1C(c1c3ccccc3cc3ccccc13)N2. The van der Waals surface area contributed by atoms with Crippen molar-refractivity contribution in [1.82, 2.24) is 4.72 Å². The number of anilines is 1. The summed E-state index contributed by atoms with van der Waals surface area (Å²) in [7, 11) is -3.55. The van der Waals surface area contributed by atoms with Crippen molar-refractivity contribution in [3.8, 4) is 0 Å². The van der Waals surface area contributed by atoms with Crippen molar-refractivity contribution in [2.75, 3.05) is 5.32 Å². The van der Waals surface area contributed by atoms with Gasteiger partial charge in [-0.3, -0.25) is 0 Å². The lowest BCUT2D eigenvalue weighted by Crippen LogP contribution is -2.36. The molecule has 0 aromatic heterocycles. The molecule has 0 amide bonds. The zero-order valence-electron chi connectivity index (χ0n) is 20.9. The van der Waals surface area contributed by atoms with E-state index in [1.807, 2.05) is 12.1 Å². The lowest BCUT2D eigenvalue weighted by atomic mass is 9.75. The summed E-state index contributed by atoms with van der Waals surface area (Å²) >= 11 is 0. The van der Waals surface area contributed by atoms with Gasteiger partial charge in [0, 0.05) is 17.6 Å². The fourth-order valence-corrected chi connectivity index (χ4v) is 8.26. The van der Waals surface area contributed by atoms with Crippen LogP contribution in [0, 0.1) is 5.92 Å². The quantitative estimate of drug-likeness (QED) is 0.223. The fourth-order valence-electron chi connectivity index (χ4n) is 6.92. The fraction of sp³-hybridized carbons (Fsp3) is 0.312. The van der Waals surface area contributed by atoms with E-state index in [1.54, 1.807) is 6.07 Å². The molecule has 0 bridgehead atoms. The highest BCUT2D eigenvalue weighted by atomic mass is 32.2. The van der Waals surface area contributed by atoms with Gasteiger partial charge in [-0.15, -0.1) is 0 Å². The maximum Gasteiger partial charge on any atom is 0.240 e. The number of hydrogen-bond acceptors (Lipinski definition) is 3. The largest absolute Gasteiger partial charge is 0.378 e. The summed E-state index contributed by atoms with van der Waals surface area (Å²) in [5, 5.41) is 8.94. The summed E-state index contributed by atoms with van der Waals surface area (Å²) in [6.07, 6.45) is 10.8. The second-order valence-electron chi connectivity index (χ2n) is 10.9. The lowest BCUT2D eigenvalue weighted by Gasteiger charge is -2.38. The van der Waals surface area contributed by atoms with Crippen LogP contribution < -0.4 is 10.0 Å². The van der Waals surface area contributed by atoms with E-state index in [9.17, 15) is 8.42 Å². The van der Waals surface area contributed by atoms with Gasteiger partial charge in [-0.05, 0) is 82.1 Å².